The first-order valence-corrected chi connectivity index (χ1v) is 7.80. The van der Waals surface area contributed by atoms with Crippen molar-refractivity contribution in [3.8, 4) is 5.88 Å². The van der Waals surface area contributed by atoms with Crippen LogP contribution in [-0.4, -0.2) is 41.5 Å². The maximum Gasteiger partial charge on any atom is 0.252 e. The molecule has 26 heavy (non-hydrogen) atoms. The minimum Gasteiger partial charge on any atom is -0.479 e. The Bertz CT molecular complexity index is 957. The largest absolute Gasteiger partial charge is 0.479 e. The number of primary amides is 1. The van der Waals surface area contributed by atoms with Crippen molar-refractivity contribution in [2.24, 2.45) is 5.73 Å². The van der Waals surface area contributed by atoms with Crippen LogP contribution in [0, 0.1) is 5.95 Å². The zero-order valence-electron chi connectivity index (χ0n) is 14.3. The van der Waals surface area contributed by atoms with Crippen LogP contribution < -0.4 is 15.8 Å². The first kappa shape index (κ1) is 17.6. The Balaban J connectivity index is 2.00. The molecule has 0 aliphatic heterocycles. The summed E-state index contributed by atoms with van der Waals surface area (Å²) in [5.74, 6) is -0.931. The van der Waals surface area contributed by atoms with E-state index in [9.17, 15) is 9.18 Å². The second kappa shape index (κ2) is 7.36. The molecule has 3 rings (SSSR count). The molecule has 2 heterocycles. The van der Waals surface area contributed by atoms with Crippen LogP contribution in [0.3, 0.4) is 0 Å². The molecule has 1 amide bonds. The summed E-state index contributed by atoms with van der Waals surface area (Å²) in [6, 6.07) is 7.75. The van der Waals surface area contributed by atoms with E-state index in [1.807, 2.05) is 6.07 Å². The molecule has 0 aliphatic rings. The number of pyridine rings is 1. The van der Waals surface area contributed by atoms with Crippen LogP contribution in [0.4, 0.5) is 15.9 Å². The van der Waals surface area contributed by atoms with Crippen molar-refractivity contribution in [3.63, 3.8) is 0 Å². The molecule has 0 atom stereocenters. The van der Waals surface area contributed by atoms with Gasteiger partial charge in [0.1, 0.15) is 5.82 Å². The van der Waals surface area contributed by atoms with E-state index in [2.05, 4.69) is 15.4 Å². The predicted octanol–water partition coefficient (Wildman–Crippen LogP) is 2.07. The lowest BCUT2D eigenvalue weighted by Gasteiger charge is -2.09. The molecule has 0 unspecified atom stereocenters. The summed E-state index contributed by atoms with van der Waals surface area (Å²) in [4.78, 5) is 15.2. The van der Waals surface area contributed by atoms with Crippen LogP contribution in [0.25, 0.3) is 10.9 Å². The van der Waals surface area contributed by atoms with Crippen molar-refractivity contribution in [2.75, 3.05) is 26.1 Å². The topological polar surface area (TPSA) is 104 Å². The SMILES string of the molecule is COCCn1nc(OC)c2cc(Nc3nc(F)ccc3C(N)=O)ccc21. The third-order valence-corrected chi connectivity index (χ3v) is 3.81. The monoisotopic (exact) mass is 359 g/mol. The molecule has 0 spiro atoms. The number of amides is 1. The van der Waals surface area contributed by atoms with E-state index in [1.54, 1.807) is 23.9 Å². The van der Waals surface area contributed by atoms with Gasteiger partial charge in [0.2, 0.25) is 11.8 Å². The van der Waals surface area contributed by atoms with Crippen molar-refractivity contribution in [1.29, 1.82) is 0 Å². The number of anilines is 2. The van der Waals surface area contributed by atoms with Crippen LogP contribution in [-0.2, 0) is 11.3 Å². The van der Waals surface area contributed by atoms with E-state index in [-0.39, 0.29) is 11.4 Å². The number of aromatic nitrogens is 3. The molecule has 136 valence electrons. The summed E-state index contributed by atoms with van der Waals surface area (Å²) in [6.45, 7) is 1.08. The number of nitrogens with two attached hydrogens (primary N) is 1. The summed E-state index contributed by atoms with van der Waals surface area (Å²) in [7, 11) is 3.15. The van der Waals surface area contributed by atoms with Crippen LogP contribution in [0.1, 0.15) is 10.4 Å². The van der Waals surface area contributed by atoms with Gasteiger partial charge in [0, 0.05) is 12.8 Å². The average Bonchev–Trinajstić information content (AvgIpc) is 2.97. The Kier molecular flexibility index (Phi) is 4.99. The quantitative estimate of drug-likeness (QED) is 0.626. The van der Waals surface area contributed by atoms with E-state index in [0.29, 0.717) is 24.7 Å². The number of rotatable bonds is 7. The number of halogens is 1. The van der Waals surface area contributed by atoms with E-state index >= 15 is 0 Å². The first-order valence-electron chi connectivity index (χ1n) is 7.80. The van der Waals surface area contributed by atoms with Gasteiger partial charge in [-0.25, -0.2) is 4.98 Å². The Hall–Kier alpha value is -3.20. The highest BCUT2D eigenvalue weighted by atomic mass is 19.1. The number of nitrogens with one attached hydrogen (secondary N) is 1. The summed E-state index contributed by atoms with van der Waals surface area (Å²) >= 11 is 0. The number of hydrogen-bond donors (Lipinski definition) is 2. The molecule has 3 aromatic rings. The lowest BCUT2D eigenvalue weighted by Crippen LogP contribution is -2.14. The van der Waals surface area contributed by atoms with Crippen molar-refractivity contribution < 1.29 is 18.7 Å². The maximum absolute atomic E-state index is 13.5. The second-order valence-electron chi connectivity index (χ2n) is 5.48. The van der Waals surface area contributed by atoms with Crippen molar-refractivity contribution in [1.82, 2.24) is 14.8 Å². The van der Waals surface area contributed by atoms with E-state index in [4.69, 9.17) is 15.2 Å². The molecule has 9 heteroatoms. The number of carbonyl (C=O) groups excluding carboxylic acids is 1. The average molecular weight is 359 g/mol. The molecule has 0 bridgehead atoms. The molecule has 3 N–H and O–H groups in total. The summed E-state index contributed by atoms with van der Waals surface area (Å²) in [5, 5.41) is 8.07. The number of nitrogens with zero attached hydrogens (tertiary/aromatic N) is 3. The zero-order chi connectivity index (χ0) is 18.7. The lowest BCUT2D eigenvalue weighted by molar-refractivity contribution is 0.100. The molecule has 0 saturated carbocycles. The zero-order valence-corrected chi connectivity index (χ0v) is 14.3. The van der Waals surface area contributed by atoms with Crippen LogP contribution in [0.2, 0.25) is 0 Å². The first-order chi connectivity index (χ1) is 12.5. The van der Waals surface area contributed by atoms with Crippen LogP contribution in [0.15, 0.2) is 30.3 Å². The van der Waals surface area contributed by atoms with Gasteiger partial charge in [0.15, 0.2) is 0 Å². The fraction of sp³-hybridized carbons (Fsp3) is 0.235. The number of hydrogen-bond acceptors (Lipinski definition) is 6. The second-order valence-corrected chi connectivity index (χ2v) is 5.48. The van der Waals surface area contributed by atoms with Gasteiger partial charge in [-0.3, -0.25) is 9.48 Å². The highest BCUT2D eigenvalue weighted by Gasteiger charge is 2.14. The molecule has 8 nitrogen and oxygen atoms in total. The fourth-order valence-corrected chi connectivity index (χ4v) is 2.59. The highest BCUT2D eigenvalue weighted by Crippen LogP contribution is 2.29. The van der Waals surface area contributed by atoms with Gasteiger partial charge in [-0.1, -0.05) is 0 Å². The van der Waals surface area contributed by atoms with E-state index in [1.165, 1.54) is 13.2 Å². The predicted molar refractivity (Wildman–Crippen MR) is 94.2 cm³/mol. The number of carbonyl (C=O) groups is 1. The lowest BCUT2D eigenvalue weighted by atomic mass is 10.2. The van der Waals surface area contributed by atoms with Crippen molar-refractivity contribution >= 4 is 28.3 Å². The fourth-order valence-electron chi connectivity index (χ4n) is 2.59. The minimum absolute atomic E-state index is 0.0441. The van der Waals surface area contributed by atoms with E-state index in [0.717, 1.165) is 17.0 Å². The number of fused-ring (bicyclic) bond motifs is 1. The molecule has 0 aliphatic carbocycles. The van der Waals surface area contributed by atoms with Crippen LogP contribution in [0.5, 0.6) is 5.88 Å². The standard InChI is InChI=1S/C17H18FN5O3/c1-25-8-7-23-13-5-3-10(9-12(13)17(22-23)26-2)20-16-11(15(19)24)4-6-14(18)21-16/h3-6,9H,7-8H2,1-2H3,(H2,19,24)(H,20,21). The maximum atomic E-state index is 13.5. The van der Waals surface area contributed by atoms with Gasteiger partial charge in [0.05, 0.1) is 36.7 Å². The summed E-state index contributed by atoms with van der Waals surface area (Å²) in [5.41, 5.74) is 6.85. The number of benzene rings is 1. The molecule has 1 aromatic carbocycles. The third kappa shape index (κ3) is 3.42. The van der Waals surface area contributed by atoms with E-state index < -0.39 is 11.9 Å². The number of ether oxygens (including phenoxy) is 2. The van der Waals surface area contributed by atoms with Gasteiger partial charge in [-0.15, -0.1) is 5.10 Å². The Labute approximate surface area is 148 Å². The molecule has 2 aromatic heterocycles. The van der Waals surface area contributed by atoms with Gasteiger partial charge >= 0.3 is 0 Å². The van der Waals surface area contributed by atoms with Crippen molar-refractivity contribution in [3.05, 3.63) is 41.8 Å². The van der Waals surface area contributed by atoms with Gasteiger partial charge < -0.3 is 20.5 Å². The normalized spacial score (nSPS) is 10.9. The molecule has 0 saturated heterocycles. The summed E-state index contributed by atoms with van der Waals surface area (Å²) in [6.07, 6.45) is 0. The Morgan fingerprint density at radius 1 is 1.31 bits per heavy atom. The van der Waals surface area contributed by atoms with Gasteiger partial charge in [-0.2, -0.15) is 4.39 Å². The minimum atomic E-state index is -0.719. The number of methoxy groups -OCH3 is 2. The third-order valence-electron chi connectivity index (χ3n) is 3.81. The van der Waals surface area contributed by atoms with Gasteiger partial charge in [-0.05, 0) is 30.3 Å². The smallest absolute Gasteiger partial charge is 0.252 e. The molecule has 0 radical (unpaired) electrons. The summed E-state index contributed by atoms with van der Waals surface area (Å²) < 4.78 is 25.6. The molecular formula is C17H18FN5O3. The Morgan fingerprint density at radius 2 is 2.12 bits per heavy atom. The van der Waals surface area contributed by atoms with Gasteiger partial charge in [0.25, 0.3) is 5.91 Å². The molecule has 0 fully saturated rings. The Morgan fingerprint density at radius 3 is 2.81 bits per heavy atom. The van der Waals surface area contributed by atoms with Crippen LogP contribution >= 0.6 is 0 Å². The van der Waals surface area contributed by atoms with Crippen molar-refractivity contribution in [2.45, 2.75) is 6.54 Å². The molecular weight excluding hydrogens is 341 g/mol. The highest BCUT2D eigenvalue weighted by molar-refractivity contribution is 5.98.